The first-order valence-electron chi connectivity index (χ1n) is 12.0. The van der Waals surface area contributed by atoms with Crippen molar-refractivity contribution in [3.05, 3.63) is 57.5 Å². The third kappa shape index (κ3) is 5.09. The van der Waals surface area contributed by atoms with Gasteiger partial charge in [-0.1, -0.05) is 37.1 Å². The molecule has 0 saturated heterocycles. The van der Waals surface area contributed by atoms with Crippen LogP contribution in [0.1, 0.15) is 55.4 Å². The first-order valence-corrected chi connectivity index (χ1v) is 12.8. The monoisotopic (exact) mass is 577 g/mol. The lowest BCUT2D eigenvalue weighted by atomic mass is 10.1. The summed E-state index contributed by atoms with van der Waals surface area (Å²) >= 11 is 3.42. The van der Waals surface area contributed by atoms with Crippen LogP contribution in [0.3, 0.4) is 0 Å². The van der Waals surface area contributed by atoms with Gasteiger partial charge < -0.3 is 4.52 Å². The Labute approximate surface area is 217 Å². The van der Waals surface area contributed by atoms with E-state index in [9.17, 15) is 18.0 Å². The lowest BCUT2D eigenvalue weighted by molar-refractivity contribution is -0.137. The molecule has 0 atom stereocenters. The van der Waals surface area contributed by atoms with Crippen molar-refractivity contribution in [3.8, 4) is 11.4 Å². The van der Waals surface area contributed by atoms with Crippen molar-refractivity contribution in [1.82, 2.24) is 29.3 Å². The molecule has 0 unspecified atom stereocenters. The molecule has 0 spiro atoms. The van der Waals surface area contributed by atoms with E-state index in [1.165, 1.54) is 12.1 Å². The Hall–Kier alpha value is -3.35. The van der Waals surface area contributed by atoms with Gasteiger partial charge in [0.25, 0.3) is 5.56 Å². The van der Waals surface area contributed by atoms with Crippen LogP contribution in [0.2, 0.25) is 0 Å². The van der Waals surface area contributed by atoms with Crippen molar-refractivity contribution in [1.29, 1.82) is 0 Å². The summed E-state index contributed by atoms with van der Waals surface area (Å²) in [6.07, 6.45) is 0.328. The van der Waals surface area contributed by atoms with Gasteiger partial charge in [0.15, 0.2) is 0 Å². The summed E-state index contributed by atoms with van der Waals surface area (Å²) in [6, 6.07) is 4.78. The number of unbranched alkanes of at least 4 members (excludes halogenated alkanes) is 2. The molecule has 0 radical (unpaired) electrons. The van der Waals surface area contributed by atoms with Gasteiger partial charge in [-0.25, -0.2) is 9.39 Å². The normalized spacial score (nSPS) is 13.4. The summed E-state index contributed by atoms with van der Waals surface area (Å²) in [5.74, 6) is 1.99. The van der Waals surface area contributed by atoms with Crippen LogP contribution in [0.15, 0.2) is 38.6 Å². The van der Waals surface area contributed by atoms with E-state index in [0.717, 1.165) is 31.4 Å². The Bertz CT molecular complexity index is 1540. The maximum absolute atomic E-state index is 13.3. The first kappa shape index (κ1) is 25.3. The van der Waals surface area contributed by atoms with E-state index in [0.29, 0.717) is 59.8 Å². The number of nitrogens with zero attached hydrogens (tertiary/aromatic N) is 7. The van der Waals surface area contributed by atoms with Crippen LogP contribution in [-0.2, 0) is 32.0 Å². The largest absolute Gasteiger partial charge is 0.416 e. The van der Waals surface area contributed by atoms with E-state index in [2.05, 4.69) is 48.2 Å². The molecule has 0 bridgehead atoms. The van der Waals surface area contributed by atoms with Crippen molar-refractivity contribution < 1.29 is 17.7 Å². The molecule has 0 amide bonds. The van der Waals surface area contributed by atoms with Crippen LogP contribution < -0.4 is 5.56 Å². The van der Waals surface area contributed by atoms with E-state index in [-0.39, 0.29) is 22.8 Å². The highest BCUT2D eigenvalue weighted by Crippen LogP contribution is 2.32. The summed E-state index contributed by atoms with van der Waals surface area (Å²) < 4.78 is 48.5. The quantitative estimate of drug-likeness (QED) is 0.250. The molecule has 13 heteroatoms. The minimum absolute atomic E-state index is 0.0881. The van der Waals surface area contributed by atoms with Crippen molar-refractivity contribution >= 4 is 32.1 Å². The molecule has 37 heavy (non-hydrogen) atoms. The molecule has 4 aromatic rings. The molecule has 0 saturated carbocycles. The Kier molecular flexibility index (Phi) is 6.97. The van der Waals surface area contributed by atoms with Gasteiger partial charge in [0.1, 0.15) is 11.6 Å². The van der Waals surface area contributed by atoms with Crippen LogP contribution in [-0.4, -0.2) is 33.9 Å². The van der Waals surface area contributed by atoms with Crippen LogP contribution in [0, 0.1) is 0 Å². The topological polar surface area (TPSA) is 103 Å². The number of aliphatic imine (C=N–C) groups is 1. The van der Waals surface area contributed by atoms with Gasteiger partial charge >= 0.3 is 6.18 Å². The minimum atomic E-state index is -4.46. The zero-order valence-electron chi connectivity index (χ0n) is 19.9. The molecule has 0 aliphatic carbocycles. The highest BCUT2D eigenvalue weighted by Gasteiger charge is 2.31. The second kappa shape index (κ2) is 10.2. The molecular weight excluding hydrogens is 555 g/mol. The Morgan fingerprint density at radius 3 is 2.76 bits per heavy atom. The lowest BCUT2D eigenvalue weighted by Gasteiger charge is -2.12. The molecule has 9 nitrogen and oxygen atoms in total. The number of halogens is 4. The fourth-order valence-electron chi connectivity index (χ4n) is 4.35. The highest BCUT2D eigenvalue weighted by molar-refractivity contribution is 9.18. The highest BCUT2D eigenvalue weighted by atomic mass is 79.9. The lowest BCUT2D eigenvalue weighted by Crippen LogP contribution is -2.23. The maximum Gasteiger partial charge on any atom is 0.416 e. The number of benzene rings is 1. The van der Waals surface area contributed by atoms with E-state index in [1.807, 2.05) is 4.57 Å². The molecule has 1 aliphatic heterocycles. The Morgan fingerprint density at radius 2 is 1.97 bits per heavy atom. The number of hydrogen-bond acceptors (Lipinski definition) is 7. The smallest absolute Gasteiger partial charge is 0.339 e. The predicted molar refractivity (Wildman–Crippen MR) is 133 cm³/mol. The fourth-order valence-corrected chi connectivity index (χ4v) is 4.80. The molecule has 0 N–H and O–H groups in total. The zero-order valence-corrected chi connectivity index (χ0v) is 21.5. The van der Waals surface area contributed by atoms with Gasteiger partial charge in [-0.15, -0.1) is 10.2 Å². The van der Waals surface area contributed by atoms with Crippen LogP contribution in [0.25, 0.3) is 17.2 Å². The van der Waals surface area contributed by atoms with Gasteiger partial charge in [-0.3, -0.25) is 9.36 Å². The molecule has 1 aromatic carbocycles. The third-order valence-corrected chi connectivity index (χ3v) is 6.64. The predicted octanol–water partition coefficient (Wildman–Crippen LogP) is 5.31. The fraction of sp³-hybridized carbons (Fsp3) is 0.417. The summed E-state index contributed by atoms with van der Waals surface area (Å²) in [5, 5.41) is 12.4. The second-order valence-electron chi connectivity index (χ2n) is 8.83. The van der Waals surface area contributed by atoms with Crippen molar-refractivity contribution in [2.45, 2.75) is 64.6 Å². The number of aromatic nitrogens is 6. The first-order chi connectivity index (χ1) is 17.8. The average Bonchev–Trinajstić information content (AvgIpc) is 3.60. The molecule has 0 fully saturated rings. The van der Waals surface area contributed by atoms with Gasteiger partial charge in [-0.2, -0.15) is 18.2 Å². The standard InChI is InChI=1S/C24H23BrF3N7O2/c1-2-3-4-11-34-21-16(13-17(25)29-21)22(36)35-18(31-32-23(34)35)9-6-10-19-30-20(33-37-19)14-7-5-8-15(12-14)24(26,27)28/h5,7-8,12H,2-4,6,9-11,13H2,1H3. The van der Waals surface area contributed by atoms with Gasteiger partial charge in [0.05, 0.1) is 15.7 Å². The minimum Gasteiger partial charge on any atom is -0.339 e. The van der Waals surface area contributed by atoms with Crippen molar-refractivity contribution in [3.63, 3.8) is 0 Å². The van der Waals surface area contributed by atoms with Gasteiger partial charge in [0, 0.05) is 31.4 Å². The molecule has 5 rings (SSSR count). The number of fused-ring (bicyclic) bond motifs is 2. The summed E-state index contributed by atoms with van der Waals surface area (Å²) in [6.45, 7) is 2.81. The maximum atomic E-state index is 13.3. The number of hydrogen-bond donors (Lipinski definition) is 0. The molecule has 3 aromatic heterocycles. The van der Waals surface area contributed by atoms with Gasteiger partial charge in [0.2, 0.25) is 17.5 Å². The third-order valence-electron chi connectivity index (χ3n) is 6.18. The van der Waals surface area contributed by atoms with E-state index >= 15 is 0 Å². The van der Waals surface area contributed by atoms with Gasteiger partial charge in [-0.05, 0) is 40.9 Å². The molecule has 1 aliphatic rings. The molecular formula is C24H23BrF3N7O2. The van der Waals surface area contributed by atoms with Crippen molar-refractivity contribution in [2.75, 3.05) is 0 Å². The number of alkyl halides is 3. The summed E-state index contributed by atoms with van der Waals surface area (Å²) in [7, 11) is 0. The SMILES string of the molecule is CCCCCn1c2c(c(=O)n3c(CCCc4nc(-c5cccc(C(F)(F)F)c5)no4)nnc13)CC(Br)=N2. The molecule has 4 heterocycles. The second-order valence-corrected chi connectivity index (χ2v) is 9.74. The van der Waals surface area contributed by atoms with E-state index in [4.69, 9.17) is 4.52 Å². The van der Waals surface area contributed by atoms with E-state index < -0.39 is 11.7 Å². The Balaban J connectivity index is 1.34. The zero-order chi connectivity index (χ0) is 26.2. The van der Waals surface area contributed by atoms with Crippen LogP contribution in [0.4, 0.5) is 19.0 Å². The van der Waals surface area contributed by atoms with E-state index in [1.54, 1.807) is 4.40 Å². The van der Waals surface area contributed by atoms with Crippen molar-refractivity contribution in [2.24, 2.45) is 4.99 Å². The number of rotatable bonds is 9. The molecule has 194 valence electrons. The average molecular weight is 578 g/mol. The summed E-state index contributed by atoms with van der Waals surface area (Å²) in [5.41, 5.74) is -0.127. The summed E-state index contributed by atoms with van der Waals surface area (Å²) in [4.78, 5) is 22.0. The van der Waals surface area contributed by atoms with Crippen LogP contribution in [0.5, 0.6) is 0 Å². The van der Waals surface area contributed by atoms with Crippen LogP contribution >= 0.6 is 15.9 Å². The number of aryl methyl sites for hydroxylation is 3. The Morgan fingerprint density at radius 1 is 1.14 bits per heavy atom.